The molecule has 0 saturated heterocycles. The molecule has 108 valence electrons. The van der Waals surface area contributed by atoms with Gasteiger partial charge in [-0.3, -0.25) is 4.79 Å². The van der Waals surface area contributed by atoms with Crippen molar-refractivity contribution in [2.45, 2.75) is 47.5 Å². The fraction of sp³-hybridized carbons (Fsp3) is 0.600. The highest BCUT2D eigenvalue weighted by Crippen LogP contribution is 2.11. The Morgan fingerprint density at radius 2 is 2.16 bits per heavy atom. The standard InChI is InChI=1S/C13H21N3O.C2H6/c1-4-6-7-14-8-11(5-2)12-10(3)13(17)16-9-15-12;1-2/h5,9,14H,4,6-8H2,1-3H3,(H,15,16,17);1-2H3/b11-5-;. The highest BCUT2D eigenvalue weighted by Gasteiger charge is 2.07. The summed E-state index contributed by atoms with van der Waals surface area (Å²) in [6.45, 7) is 11.7. The van der Waals surface area contributed by atoms with Gasteiger partial charge in [-0.15, -0.1) is 0 Å². The van der Waals surface area contributed by atoms with E-state index in [9.17, 15) is 4.79 Å². The summed E-state index contributed by atoms with van der Waals surface area (Å²) in [5, 5.41) is 3.36. The third kappa shape index (κ3) is 5.83. The minimum Gasteiger partial charge on any atom is -0.313 e. The van der Waals surface area contributed by atoms with Crippen LogP contribution in [0, 0.1) is 6.92 Å². The van der Waals surface area contributed by atoms with Gasteiger partial charge in [-0.1, -0.05) is 33.3 Å². The lowest BCUT2D eigenvalue weighted by Crippen LogP contribution is -2.20. The number of rotatable bonds is 6. The third-order valence-electron chi connectivity index (χ3n) is 2.76. The Bertz CT molecular complexity index is 435. The summed E-state index contributed by atoms with van der Waals surface area (Å²) in [5.41, 5.74) is 2.48. The quantitative estimate of drug-likeness (QED) is 0.778. The van der Waals surface area contributed by atoms with Gasteiger partial charge in [0.25, 0.3) is 5.56 Å². The van der Waals surface area contributed by atoms with Gasteiger partial charge >= 0.3 is 0 Å². The maximum absolute atomic E-state index is 11.5. The lowest BCUT2D eigenvalue weighted by atomic mass is 10.1. The minimum atomic E-state index is -0.0668. The molecule has 0 aliphatic heterocycles. The number of H-pyrrole nitrogens is 1. The molecule has 0 fully saturated rings. The fourth-order valence-electron chi connectivity index (χ4n) is 1.64. The summed E-state index contributed by atoms with van der Waals surface area (Å²) in [5.74, 6) is 0. The summed E-state index contributed by atoms with van der Waals surface area (Å²) >= 11 is 0. The molecule has 4 nitrogen and oxygen atoms in total. The molecule has 0 spiro atoms. The average Bonchev–Trinajstić information content (AvgIpc) is 2.45. The SMILES string of the molecule is C/C=C(/CNCCCC)c1nc[nH]c(=O)c1C.CC. The van der Waals surface area contributed by atoms with E-state index in [2.05, 4.69) is 22.2 Å². The second kappa shape index (κ2) is 10.5. The van der Waals surface area contributed by atoms with Crippen LogP contribution in [-0.4, -0.2) is 23.1 Å². The van der Waals surface area contributed by atoms with Gasteiger partial charge in [-0.2, -0.15) is 0 Å². The van der Waals surface area contributed by atoms with Crippen molar-refractivity contribution in [3.05, 3.63) is 34.0 Å². The molecule has 2 N–H and O–H groups in total. The van der Waals surface area contributed by atoms with Gasteiger partial charge in [0.15, 0.2) is 0 Å². The van der Waals surface area contributed by atoms with Crippen molar-refractivity contribution in [3.8, 4) is 0 Å². The summed E-state index contributed by atoms with van der Waals surface area (Å²) < 4.78 is 0. The second-order valence-electron chi connectivity index (χ2n) is 4.05. The molecule has 0 saturated carbocycles. The van der Waals surface area contributed by atoms with E-state index in [-0.39, 0.29) is 5.56 Å². The number of allylic oxidation sites excluding steroid dienone is 1. The van der Waals surface area contributed by atoms with E-state index < -0.39 is 0 Å². The van der Waals surface area contributed by atoms with Crippen LogP contribution in [0.1, 0.15) is 51.8 Å². The Morgan fingerprint density at radius 3 is 2.74 bits per heavy atom. The van der Waals surface area contributed by atoms with E-state index in [4.69, 9.17) is 0 Å². The highest BCUT2D eigenvalue weighted by atomic mass is 16.1. The zero-order chi connectivity index (χ0) is 14.7. The monoisotopic (exact) mass is 265 g/mol. The van der Waals surface area contributed by atoms with E-state index in [1.807, 2.05) is 26.8 Å². The smallest absolute Gasteiger partial charge is 0.254 e. The molecule has 0 bridgehead atoms. The van der Waals surface area contributed by atoms with Crippen molar-refractivity contribution in [1.29, 1.82) is 0 Å². The first-order valence-corrected chi connectivity index (χ1v) is 7.11. The molecule has 1 heterocycles. The molecule has 1 aromatic rings. The van der Waals surface area contributed by atoms with Crippen LogP contribution in [0.3, 0.4) is 0 Å². The third-order valence-corrected chi connectivity index (χ3v) is 2.76. The number of unbranched alkanes of at least 4 members (excludes halogenated alkanes) is 1. The van der Waals surface area contributed by atoms with Crippen molar-refractivity contribution >= 4 is 5.57 Å². The molecule has 0 amide bonds. The molecule has 0 atom stereocenters. The first kappa shape index (κ1) is 17.6. The van der Waals surface area contributed by atoms with E-state index in [1.165, 1.54) is 19.2 Å². The molecular weight excluding hydrogens is 238 g/mol. The molecule has 1 rings (SSSR count). The number of hydrogen-bond donors (Lipinski definition) is 2. The average molecular weight is 265 g/mol. The van der Waals surface area contributed by atoms with Crippen LogP contribution >= 0.6 is 0 Å². The molecule has 19 heavy (non-hydrogen) atoms. The molecule has 1 aromatic heterocycles. The molecule has 0 aliphatic rings. The number of aromatic nitrogens is 2. The lowest BCUT2D eigenvalue weighted by Gasteiger charge is -2.09. The van der Waals surface area contributed by atoms with Gasteiger partial charge in [0.2, 0.25) is 0 Å². The minimum absolute atomic E-state index is 0.0668. The van der Waals surface area contributed by atoms with Crippen LogP contribution in [-0.2, 0) is 0 Å². The highest BCUT2D eigenvalue weighted by molar-refractivity contribution is 5.65. The van der Waals surface area contributed by atoms with Gasteiger partial charge in [-0.25, -0.2) is 4.98 Å². The Kier molecular flexibility index (Phi) is 9.71. The molecule has 4 heteroatoms. The molecule has 0 aromatic carbocycles. The first-order chi connectivity index (χ1) is 9.20. The zero-order valence-corrected chi connectivity index (χ0v) is 12.8. The Balaban J connectivity index is 0.00000154. The zero-order valence-electron chi connectivity index (χ0n) is 12.8. The first-order valence-electron chi connectivity index (χ1n) is 7.11. The van der Waals surface area contributed by atoms with Crippen LogP contribution in [0.15, 0.2) is 17.2 Å². The van der Waals surface area contributed by atoms with E-state index in [1.54, 1.807) is 6.92 Å². The van der Waals surface area contributed by atoms with Crippen molar-refractivity contribution in [1.82, 2.24) is 15.3 Å². The summed E-state index contributed by atoms with van der Waals surface area (Å²) in [4.78, 5) is 18.3. The van der Waals surface area contributed by atoms with Crippen LogP contribution in [0.4, 0.5) is 0 Å². The lowest BCUT2D eigenvalue weighted by molar-refractivity contribution is 0.684. The topological polar surface area (TPSA) is 57.8 Å². The van der Waals surface area contributed by atoms with E-state index in [0.29, 0.717) is 5.56 Å². The Morgan fingerprint density at radius 1 is 1.47 bits per heavy atom. The van der Waals surface area contributed by atoms with Crippen molar-refractivity contribution in [2.75, 3.05) is 13.1 Å². The molecule has 0 unspecified atom stereocenters. The second-order valence-corrected chi connectivity index (χ2v) is 4.05. The normalized spacial score (nSPS) is 10.9. The predicted molar refractivity (Wildman–Crippen MR) is 82.4 cm³/mol. The van der Waals surface area contributed by atoms with Gasteiger partial charge < -0.3 is 10.3 Å². The van der Waals surface area contributed by atoms with Crippen LogP contribution in [0.2, 0.25) is 0 Å². The number of nitrogens with zero attached hydrogens (tertiary/aromatic N) is 1. The summed E-state index contributed by atoms with van der Waals surface area (Å²) in [7, 11) is 0. The van der Waals surface area contributed by atoms with Crippen LogP contribution < -0.4 is 10.9 Å². The number of aromatic amines is 1. The van der Waals surface area contributed by atoms with Gasteiger partial charge in [0, 0.05) is 12.1 Å². The van der Waals surface area contributed by atoms with Crippen molar-refractivity contribution in [2.24, 2.45) is 0 Å². The van der Waals surface area contributed by atoms with Crippen LogP contribution in [0.25, 0.3) is 5.57 Å². The van der Waals surface area contributed by atoms with E-state index in [0.717, 1.165) is 24.4 Å². The molecule has 0 aliphatic carbocycles. The molecule has 0 radical (unpaired) electrons. The largest absolute Gasteiger partial charge is 0.313 e. The van der Waals surface area contributed by atoms with Crippen LogP contribution in [0.5, 0.6) is 0 Å². The Hall–Kier alpha value is -1.42. The predicted octanol–water partition coefficient (Wildman–Crippen LogP) is 2.90. The maximum Gasteiger partial charge on any atom is 0.254 e. The number of hydrogen-bond acceptors (Lipinski definition) is 3. The summed E-state index contributed by atoms with van der Waals surface area (Å²) in [6.07, 6.45) is 5.81. The fourth-order valence-corrected chi connectivity index (χ4v) is 1.64. The van der Waals surface area contributed by atoms with Crippen molar-refractivity contribution in [3.63, 3.8) is 0 Å². The van der Waals surface area contributed by atoms with Gasteiger partial charge in [0.05, 0.1) is 12.0 Å². The number of nitrogens with one attached hydrogen (secondary N) is 2. The van der Waals surface area contributed by atoms with E-state index >= 15 is 0 Å². The van der Waals surface area contributed by atoms with Crippen molar-refractivity contribution < 1.29 is 0 Å². The van der Waals surface area contributed by atoms with Gasteiger partial charge in [0.1, 0.15) is 0 Å². The van der Waals surface area contributed by atoms with Gasteiger partial charge in [-0.05, 0) is 32.4 Å². The molecular formula is C15H27N3O. The Labute approximate surface area is 116 Å². The summed E-state index contributed by atoms with van der Waals surface area (Å²) in [6, 6.07) is 0. The maximum atomic E-state index is 11.5.